The van der Waals surface area contributed by atoms with Crippen LogP contribution in [-0.4, -0.2) is 25.5 Å². The van der Waals surface area contributed by atoms with Crippen LogP contribution in [0.2, 0.25) is 5.02 Å². The minimum atomic E-state index is -3.79. The predicted octanol–water partition coefficient (Wildman–Crippen LogP) is 4.93. The van der Waals surface area contributed by atoms with E-state index in [4.69, 9.17) is 22.8 Å². The second-order valence-corrected chi connectivity index (χ2v) is 10.4. The number of aromatic nitrogens is 1. The summed E-state index contributed by atoms with van der Waals surface area (Å²) in [6.45, 7) is 2.71. The molecule has 0 spiro atoms. The van der Waals surface area contributed by atoms with Gasteiger partial charge in [-0.05, 0) is 73.7 Å². The van der Waals surface area contributed by atoms with E-state index in [1.165, 1.54) is 59.9 Å². The third-order valence-corrected chi connectivity index (χ3v) is 7.61. The fourth-order valence-corrected chi connectivity index (χ4v) is 5.54. The largest absolute Gasteiger partial charge is 0.494 e. The minimum Gasteiger partial charge on any atom is -0.494 e. The first-order valence-electron chi connectivity index (χ1n) is 10.5. The highest BCUT2D eigenvalue weighted by atomic mass is 35.5. The summed E-state index contributed by atoms with van der Waals surface area (Å²) in [4.78, 5) is 17.7. The van der Waals surface area contributed by atoms with Crippen molar-refractivity contribution in [2.75, 3.05) is 11.3 Å². The summed E-state index contributed by atoms with van der Waals surface area (Å²) >= 11 is 7.16. The third kappa shape index (κ3) is 5.57. The highest BCUT2D eigenvalue weighted by molar-refractivity contribution is 7.92. The number of hydrogen-bond donors (Lipinski definition) is 1. The molecule has 0 fully saturated rings. The molecule has 0 bridgehead atoms. The van der Waals surface area contributed by atoms with Crippen LogP contribution in [0.4, 0.5) is 5.69 Å². The number of carbonyl (C=O) groups is 1. The van der Waals surface area contributed by atoms with Gasteiger partial charge in [0.25, 0.3) is 15.9 Å². The van der Waals surface area contributed by atoms with Gasteiger partial charge in [0, 0.05) is 16.3 Å². The standard InChI is InChI=1S/C25H20ClN3O4S2/c1-3-15-29-22-14-11-20(33-4-2)16-23(22)34-25(29)27-24(30)17-5-9-19(10-6-17)28-35(31,32)21-12-7-18(26)8-13-21/h1,5-14,16,28H,4,15H2,2H3. The first-order chi connectivity index (χ1) is 16.8. The molecule has 0 atom stereocenters. The number of carbonyl (C=O) groups excluding carboxylic acids is 1. The molecule has 4 aromatic rings. The van der Waals surface area contributed by atoms with E-state index < -0.39 is 15.9 Å². The number of anilines is 1. The number of rotatable bonds is 7. The summed E-state index contributed by atoms with van der Waals surface area (Å²) in [5, 5.41) is 0.437. The van der Waals surface area contributed by atoms with Gasteiger partial charge in [-0.1, -0.05) is 28.9 Å². The number of ether oxygens (including phenoxy) is 1. The zero-order valence-corrected chi connectivity index (χ0v) is 21.0. The van der Waals surface area contributed by atoms with Crippen molar-refractivity contribution < 1.29 is 17.9 Å². The summed E-state index contributed by atoms with van der Waals surface area (Å²) in [5.41, 5.74) is 1.47. The Morgan fingerprint density at radius 2 is 1.86 bits per heavy atom. The van der Waals surface area contributed by atoms with Gasteiger partial charge in [0.2, 0.25) is 0 Å². The molecule has 0 aliphatic carbocycles. The predicted molar refractivity (Wildman–Crippen MR) is 138 cm³/mol. The van der Waals surface area contributed by atoms with E-state index in [9.17, 15) is 13.2 Å². The van der Waals surface area contributed by atoms with Crippen LogP contribution in [0.25, 0.3) is 10.2 Å². The zero-order chi connectivity index (χ0) is 25.0. The average molecular weight is 526 g/mol. The summed E-state index contributed by atoms with van der Waals surface area (Å²) in [5.74, 6) is 2.85. The molecule has 1 N–H and O–H groups in total. The molecule has 0 unspecified atom stereocenters. The Labute approximate surface area is 211 Å². The normalized spacial score (nSPS) is 11.9. The van der Waals surface area contributed by atoms with Crippen molar-refractivity contribution >= 4 is 54.8 Å². The molecule has 1 aromatic heterocycles. The van der Waals surface area contributed by atoms with Crippen molar-refractivity contribution in [3.05, 3.63) is 82.1 Å². The van der Waals surface area contributed by atoms with Gasteiger partial charge in [0.05, 0.1) is 28.3 Å². The Balaban J connectivity index is 1.60. The van der Waals surface area contributed by atoms with Crippen molar-refractivity contribution in [1.82, 2.24) is 4.57 Å². The molecule has 0 aliphatic rings. The number of amides is 1. The van der Waals surface area contributed by atoms with Crippen molar-refractivity contribution in [3.63, 3.8) is 0 Å². The topological polar surface area (TPSA) is 89.8 Å². The van der Waals surface area contributed by atoms with E-state index >= 15 is 0 Å². The molecule has 1 heterocycles. The number of nitrogens with zero attached hydrogens (tertiary/aromatic N) is 2. The summed E-state index contributed by atoms with van der Waals surface area (Å²) in [6.07, 6.45) is 5.54. The maximum absolute atomic E-state index is 12.9. The van der Waals surface area contributed by atoms with Crippen LogP contribution < -0.4 is 14.3 Å². The van der Waals surface area contributed by atoms with Gasteiger partial charge in [0.1, 0.15) is 5.75 Å². The van der Waals surface area contributed by atoms with Crippen LogP contribution in [0, 0.1) is 12.3 Å². The van der Waals surface area contributed by atoms with E-state index in [1.54, 1.807) is 4.57 Å². The lowest BCUT2D eigenvalue weighted by atomic mass is 10.2. The molecule has 0 radical (unpaired) electrons. The molecular weight excluding hydrogens is 506 g/mol. The van der Waals surface area contributed by atoms with Gasteiger partial charge in [-0.15, -0.1) is 6.42 Å². The molecule has 178 valence electrons. The second kappa shape index (κ2) is 10.4. The molecule has 0 saturated heterocycles. The number of nitrogens with one attached hydrogen (secondary N) is 1. The van der Waals surface area contributed by atoms with Crippen molar-refractivity contribution in [2.24, 2.45) is 4.99 Å². The average Bonchev–Trinajstić information content (AvgIpc) is 3.16. The smallest absolute Gasteiger partial charge is 0.279 e. The molecule has 3 aromatic carbocycles. The number of sulfonamides is 1. The van der Waals surface area contributed by atoms with Gasteiger partial charge in [-0.25, -0.2) is 8.42 Å². The summed E-state index contributed by atoms with van der Waals surface area (Å²) in [7, 11) is -3.79. The molecule has 0 saturated carbocycles. The quantitative estimate of drug-likeness (QED) is 0.346. The highest BCUT2D eigenvalue weighted by Crippen LogP contribution is 2.24. The monoisotopic (exact) mass is 525 g/mol. The van der Waals surface area contributed by atoms with Gasteiger partial charge in [-0.2, -0.15) is 4.99 Å². The van der Waals surface area contributed by atoms with Gasteiger partial charge < -0.3 is 9.30 Å². The van der Waals surface area contributed by atoms with Crippen LogP contribution >= 0.6 is 22.9 Å². The lowest BCUT2D eigenvalue weighted by Gasteiger charge is -2.08. The van der Waals surface area contributed by atoms with Crippen LogP contribution in [0.5, 0.6) is 5.75 Å². The van der Waals surface area contributed by atoms with E-state index in [0.717, 1.165) is 16.0 Å². The fraction of sp³-hybridized carbons (Fsp3) is 0.120. The van der Waals surface area contributed by atoms with E-state index in [-0.39, 0.29) is 11.4 Å². The number of hydrogen-bond acceptors (Lipinski definition) is 5. The maximum atomic E-state index is 12.9. The van der Waals surface area contributed by atoms with Crippen molar-refractivity contribution in [2.45, 2.75) is 18.4 Å². The molecular formula is C25H20ClN3O4S2. The Morgan fingerprint density at radius 3 is 2.51 bits per heavy atom. The Hall–Kier alpha value is -3.58. The molecule has 0 aliphatic heterocycles. The van der Waals surface area contributed by atoms with Crippen molar-refractivity contribution in [1.29, 1.82) is 0 Å². The fourth-order valence-electron chi connectivity index (χ4n) is 3.30. The number of halogens is 1. The minimum absolute atomic E-state index is 0.0763. The summed E-state index contributed by atoms with van der Waals surface area (Å²) < 4.78 is 35.8. The Morgan fingerprint density at radius 1 is 1.14 bits per heavy atom. The molecule has 4 rings (SSSR count). The SMILES string of the molecule is C#CCn1c(=NC(=O)c2ccc(NS(=O)(=O)c3ccc(Cl)cc3)cc2)sc2cc(OCC)ccc21. The lowest BCUT2D eigenvalue weighted by Crippen LogP contribution is -2.16. The third-order valence-electron chi connectivity index (χ3n) is 4.92. The molecule has 35 heavy (non-hydrogen) atoms. The number of terminal acetylenes is 1. The maximum Gasteiger partial charge on any atom is 0.279 e. The van der Waals surface area contributed by atoms with E-state index in [2.05, 4.69) is 15.6 Å². The van der Waals surface area contributed by atoms with Crippen LogP contribution in [-0.2, 0) is 16.6 Å². The van der Waals surface area contributed by atoms with Crippen molar-refractivity contribution in [3.8, 4) is 18.1 Å². The number of thiazole rings is 1. The number of benzene rings is 3. The highest BCUT2D eigenvalue weighted by Gasteiger charge is 2.15. The second-order valence-electron chi connectivity index (χ2n) is 7.29. The Bertz CT molecular complexity index is 1600. The first kappa shape index (κ1) is 24.5. The van der Waals surface area contributed by atoms with Gasteiger partial charge >= 0.3 is 0 Å². The molecule has 7 nitrogen and oxygen atoms in total. The Kier molecular flexibility index (Phi) is 7.26. The van der Waals surface area contributed by atoms with Gasteiger partial charge in [0.15, 0.2) is 4.80 Å². The van der Waals surface area contributed by atoms with Crippen LogP contribution in [0.3, 0.4) is 0 Å². The van der Waals surface area contributed by atoms with Gasteiger partial charge in [-0.3, -0.25) is 9.52 Å². The first-order valence-corrected chi connectivity index (χ1v) is 13.2. The molecule has 10 heteroatoms. The van der Waals surface area contributed by atoms with Crippen LogP contribution in [0.1, 0.15) is 17.3 Å². The lowest BCUT2D eigenvalue weighted by molar-refractivity contribution is 0.0998. The van der Waals surface area contributed by atoms with Crippen LogP contribution in [0.15, 0.2) is 76.6 Å². The zero-order valence-electron chi connectivity index (χ0n) is 18.6. The molecule has 1 amide bonds. The summed E-state index contributed by atoms with van der Waals surface area (Å²) in [6, 6.07) is 17.5. The van der Waals surface area contributed by atoms with E-state index in [1.807, 2.05) is 25.1 Å². The number of fused-ring (bicyclic) bond motifs is 1. The van der Waals surface area contributed by atoms with E-state index in [0.29, 0.717) is 27.7 Å².